The summed E-state index contributed by atoms with van der Waals surface area (Å²) in [7, 11) is 8.67. The number of methoxy groups -OCH3 is 8. The molecule has 0 heterocycles. The van der Waals surface area contributed by atoms with E-state index in [0.717, 1.165) is 44.5 Å². The van der Waals surface area contributed by atoms with Crippen LogP contribution in [0.3, 0.4) is 0 Å². The number of ketones is 1. The fraction of sp³-hybridized carbons (Fsp3) is 0.463. The van der Waals surface area contributed by atoms with E-state index in [0.29, 0.717) is 83.2 Å². The number of hydrogen-bond acceptors (Lipinski definition) is 12. The van der Waals surface area contributed by atoms with Crippen molar-refractivity contribution in [3.63, 3.8) is 0 Å². The van der Waals surface area contributed by atoms with Gasteiger partial charge in [-0.15, -0.1) is 0 Å². The van der Waals surface area contributed by atoms with E-state index in [-0.39, 0.29) is 15.9 Å². The zero-order chi connectivity index (χ0) is 50.5. The highest BCUT2D eigenvalue weighted by Gasteiger charge is 2.41. The van der Waals surface area contributed by atoms with E-state index in [2.05, 4.69) is 67.7 Å². The lowest BCUT2D eigenvalue weighted by Crippen LogP contribution is -2.43. The second-order valence-electron chi connectivity index (χ2n) is 20.0. The van der Waals surface area contributed by atoms with Gasteiger partial charge in [-0.3, -0.25) is 4.79 Å². The first-order valence-electron chi connectivity index (χ1n) is 23.0. The summed E-state index contributed by atoms with van der Waals surface area (Å²) in [4.78, 5) is 12.8. The molecule has 14 heteroatoms. The van der Waals surface area contributed by atoms with Gasteiger partial charge in [0.05, 0.1) is 63.0 Å². The van der Waals surface area contributed by atoms with Gasteiger partial charge in [0.2, 0.25) is 11.5 Å². The average molecular weight is 971 g/mol. The first-order chi connectivity index (χ1) is 31.9. The molecule has 0 spiro atoms. The molecule has 68 heavy (non-hydrogen) atoms. The molecule has 0 radical (unpaired) electrons. The lowest BCUT2D eigenvalue weighted by atomic mass is 9.92. The number of rotatable bonds is 14. The van der Waals surface area contributed by atoms with E-state index in [1.165, 1.54) is 0 Å². The molecule has 2 aliphatic rings. The van der Waals surface area contributed by atoms with Crippen molar-refractivity contribution in [3.8, 4) is 57.5 Å². The molecule has 1 N–H and O–H groups in total. The molecule has 6 rings (SSSR count). The third-order valence-corrected chi connectivity index (χ3v) is 22.4. The van der Waals surface area contributed by atoms with Crippen LogP contribution < -0.4 is 46.7 Å². The molecule has 1 atom stereocenters. The Labute approximate surface area is 406 Å². The largest absolute Gasteiger partial charge is 0.541 e. The summed E-state index contributed by atoms with van der Waals surface area (Å²) in [5.41, 5.74) is 7.18. The number of carbonyl (C=O) groups is 1. The summed E-state index contributed by atoms with van der Waals surface area (Å²) in [6.45, 7) is 22.1. The smallest absolute Gasteiger partial charge is 0.250 e. The summed E-state index contributed by atoms with van der Waals surface area (Å²) in [6, 6.07) is 15.6. The van der Waals surface area contributed by atoms with Crippen molar-refractivity contribution >= 4 is 33.6 Å². The van der Waals surface area contributed by atoms with Gasteiger partial charge in [-0.1, -0.05) is 53.7 Å². The van der Waals surface area contributed by atoms with Crippen LogP contribution in [-0.2, 0) is 17.6 Å². The number of benzene rings is 4. The molecular formula is C54H74O12Si2. The second-order valence-corrected chi connectivity index (χ2v) is 29.5. The van der Waals surface area contributed by atoms with Crippen LogP contribution in [-0.4, -0.2) is 90.5 Å². The van der Waals surface area contributed by atoms with Crippen LogP contribution in [0.1, 0.15) is 87.8 Å². The van der Waals surface area contributed by atoms with Gasteiger partial charge in [-0.2, -0.15) is 0 Å². The zero-order valence-corrected chi connectivity index (χ0v) is 45.6. The number of aliphatic hydroxyl groups is 1. The van der Waals surface area contributed by atoms with Crippen molar-refractivity contribution in [2.75, 3.05) is 56.9 Å². The molecule has 0 aliphatic heterocycles. The minimum atomic E-state index is -2.13. The van der Waals surface area contributed by atoms with Crippen LogP contribution in [0.4, 0.5) is 0 Å². The minimum absolute atomic E-state index is 0.0233. The lowest BCUT2D eigenvalue weighted by Gasteiger charge is -2.37. The van der Waals surface area contributed by atoms with E-state index in [4.69, 9.17) is 46.7 Å². The van der Waals surface area contributed by atoms with Gasteiger partial charge >= 0.3 is 0 Å². The second kappa shape index (κ2) is 21.4. The molecule has 0 saturated heterocycles. The summed E-state index contributed by atoms with van der Waals surface area (Å²) < 4.78 is 58.4. The van der Waals surface area contributed by atoms with E-state index >= 15 is 0 Å². The number of hydrogen-bond donors (Lipinski definition) is 1. The topological polar surface area (TPSA) is 130 Å². The van der Waals surface area contributed by atoms with Crippen LogP contribution >= 0.6 is 0 Å². The third-order valence-electron chi connectivity index (χ3n) is 13.7. The zero-order valence-electron chi connectivity index (χ0n) is 43.6. The van der Waals surface area contributed by atoms with E-state index < -0.39 is 22.7 Å². The maximum atomic E-state index is 12.8. The van der Waals surface area contributed by atoms with Gasteiger partial charge < -0.3 is 51.9 Å². The Hall–Kier alpha value is -5.58. The van der Waals surface area contributed by atoms with Crippen LogP contribution in [0.2, 0.25) is 36.3 Å². The normalized spacial score (nSPS) is 15.1. The number of fused-ring (bicyclic) bond motifs is 2. The summed E-state index contributed by atoms with van der Waals surface area (Å²) in [5, 5.41) is 10.8. The van der Waals surface area contributed by atoms with Crippen LogP contribution in [0.25, 0.3) is 11.1 Å². The predicted octanol–water partition coefficient (Wildman–Crippen LogP) is 11.9. The van der Waals surface area contributed by atoms with Gasteiger partial charge in [0.25, 0.3) is 16.6 Å². The lowest BCUT2D eigenvalue weighted by molar-refractivity contribution is -0.114. The highest BCUT2D eigenvalue weighted by Crippen LogP contribution is 2.50. The molecule has 4 aromatic rings. The van der Waals surface area contributed by atoms with Crippen molar-refractivity contribution in [3.05, 3.63) is 94.1 Å². The van der Waals surface area contributed by atoms with Crippen molar-refractivity contribution in [1.29, 1.82) is 0 Å². The van der Waals surface area contributed by atoms with Crippen molar-refractivity contribution in [1.82, 2.24) is 0 Å². The number of aliphatic hydroxyl groups excluding tert-OH is 1. The Bertz CT molecular complexity index is 2530. The van der Waals surface area contributed by atoms with Crippen LogP contribution in [0, 0.1) is 0 Å². The molecule has 0 aromatic heterocycles. The van der Waals surface area contributed by atoms with E-state index in [1.54, 1.807) is 63.0 Å². The summed E-state index contributed by atoms with van der Waals surface area (Å²) in [6.07, 6.45) is 5.14. The number of carbonyl (C=O) groups excluding carboxylic acids is 1. The SMILES string of the molecule is COc1ccc(C2=CC(=O)CCc3c2cc(OC)c(OC)c3OC)cc1O[Si](C)(C)C(C)(C)C.COc1ccc(C2=CC(O)CCc3c2cc(OC)c(OC)c3OC)cc1O[Si](C)(C)C(C)(C)C. The van der Waals surface area contributed by atoms with Gasteiger partial charge in [0, 0.05) is 17.5 Å². The van der Waals surface area contributed by atoms with Gasteiger partial charge in [-0.25, -0.2) is 0 Å². The Balaban J connectivity index is 0.000000254. The Morgan fingerprint density at radius 3 is 1.28 bits per heavy atom. The van der Waals surface area contributed by atoms with E-state index in [1.807, 2.05) is 54.6 Å². The monoisotopic (exact) mass is 970 g/mol. The summed E-state index contributed by atoms with van der Waals surface area (Å²) >= 11 is 0. The number of ether oxygens (including phenoxy) is 8. The average Bonchev–Trinajstić information content (AvgIpc) is 3.56. The fourth-order valence-corrected chi connectivity index (χ4v) is 9.85. The molecule has 370 valence electrons. The molecule has 2 aliphatic carbocycles. The van der Waals surface area contributed by atoms with Gasteiger partial charge in [0.1, 0.15) is 11.5 Å². The van der Waals surface area contributed by atoms with Crippen LogP contribution in [0.15, 0.2) is 60.7 Å². The molecule has 0 bridgehead atoms. The Morgan fingerprint density at radius 1 is 0.485 bits per heavy atom. The Kier molecular flexibility index (Phi) is 16.8. The maximum Gasteiger partial charge on any atom is 0.250 e. The number of allylic oxidation sites excluding steroid dienone is 1. The molecule has 0 amide bonds. The highest BCUT2D eigenvalue weighted by molar-refractivity contribution is 6.75. The maximum absolute atomic E-state index is 12.8. The van der Waals surface area contributed by atoms with Crippen LogP contribution in [0.5, 0.6) is 57.5 Å². The first kappa shape index (κ1) is 53.4. The minimum Gasteiger partial charge on any atom is -0.541 e. The Morgan fingerprint density at radius 2 is 0.882 bits per heavy atom. The first-order valence-corrected chi connectivity index (χ1v) is 28.8. The predicted molar refractivity (Wildman–Crippen MR) is 276 cm³/mol. The van der Waals surface area contributed by atoms with Crippen molar-refractivity contribution in [2.45, 2.75) is 110 Å². The van der Waals surface area contributed by atoms with E-state index in [9.17, 15) is 9.90 Å². The van der Waals surface area contributed by atoms with Gasteiger partial charge in [0.15, 0.2) is 40.3 Å². The molecule has 0 fully saturated rings. The van der Waals surface area contributed by atoms with Crippen molar-refractivity contribution < 1.29 is 56.6 Å². The highest BCUT2D eigenvalue weighted by atomic mass is 28.4. The molecular weight excluding hydrogens is 897 g/mol. The third kappa shape index (κ3) is 11.1. The fourth-order valence-electron chi connectivity index (χ4n) is 7.82. The standard InChI is InChI=1S/C27H38O6Si.C27H36O6Si/c2*1-27(2,3)34(8,9)33-23-14-17(10-13-22(23)29-4)20-15-18(28)11-12-19-21(20)16-24(30-5)26(32-7)25(19)31-6/h10,13-16,18,28H,11-12H2,1-9H3;10,13-16H,11-12H2,1-9H3. The molecule has 1 unspecified atom stereocenters. The van der Waals surface area contributed by atoms with Crippen molar-refractivity contribution in [2.24, 2.45) is 0 Å². The van der Waals surface area contributed by atoms with Gasteiger partial charge in [-0.05, 0) is 137 Å². The molecule has 4 aromatic carbocycles. The molecule has 0 saturated carbocycles. The summed E-state index contributed by atoms with van der Waals surface area (Å²) in [5.74, 6) is 6.20. The molecule has 12 nitrogen and oxygen atoms in total. The quantitative estimate of drug-likeness (QED) is 0.121.